The van der Waals surface area contributed by atoms with Crippen LogP contribution in [0.15, 0.2) is 18.2 Å². The highest BCUT2D eigenvalue weighted by Crippen LogP contribution is 2.23. The predicted molar refractivity (Wildman–Crippen MR) is 72.1 cm³/mol. The summed E-state index contributed by atoms with van der Waals surface area (Å²) in [6.07, 6.45) is 0. The first kappa shape index (κ1) is 14.0. The maximum atomic E-state index is 14.0. The second-order valence-electron chi connectivity index (χ2n) is 4.16. The molecule has 0 aliphatic rings. The van der Waals surface area contributed by atoms with Crippen LogP contribution in [-0.2, 0) is 0 Å². The standard InChI is InChI=1S/C14H23FN2/c1-5-16-11(4)12-8-9-14(13(15)10-12)17(6-2)7-3/h8-11,16H,5-7H2,1-4H3. The van der Waals surface area contributed by atoms with Crippen molar-refractivity contribution in [2.75, 3.05) is 24.5 Å². The Hall–Kier alpha value is -1.09. The van der Waals surface area contributed by atoms with Crippen molar-refractivity contribution in [2.45, 2.75) is 33.7 Å². The van der Waals surface area contributed by atoms with Gasteiger partial charge in [-0.05, 0) is 45.0 Å². The molecule has 1 N–H and O–H groups in total. The van der Waals surface area contributed by atoms with Gasteiger partial charge >= 0.3 is 0 Å². The van der Waals surface area contributed by atoms with Crippen molar-refractivity contribution in [2.24, 2.45) is 0 Å². The van der Waals surface area contributed by atoms with E-state index < -0.39 is 0 Å². The normalized spacial score (nSPS) is 12.5. The lowest BCUT2D eigenvalue weighted by Crippen LogP contribution is -2.23. The molecule has 2 nitrogen and oxygen atoms in total. The third-order valence-corrected chi connectivity index (χ3v) is 3.09. The minimum atomic E-state index is -0.129. The summed E-state index contributed by atoms with van der Waals surface area (Å²) in [5.74, 6) is -0.129. The van der Waals surface area contributed by atoms with Gasteiger partial charge in [-0.3, -0.25) is 0 Å². The Morgan fingerprint density at radius 1 is 1.24 bits per heavy atom. The summed E-state index contributed by atoms with van der Waals surface area (Å²) >= 11 is 0. The Bertz CT molecular complexity index is 348. The largest absolute Gasteiger partial charge is 0.370 e. The molecule has 0 aromatic heterocycles. The smallest absolute Gasteiger partial charge is 0.146 e. The molecule has 0 saturated heterocycles. The van der Waals surface area contributed by atoms with Crippen molar-refractivity contribution >= 4 is 5.69 Å². The zero-order chi connectivity index (χ0) is 12.8. The van der Waals surface area contributed by atoms with Gasteiger partial charge < -0.3 is 10.2 Å². The maximum Gasteiger partial charge on any atom is 0.146 e. The van der Waals surface area contributed by atoms with Crippen LogP contribution in [0.4, 0.5) is 10.1 Å². The molecular weight excluding hydrogens is 215 g/mol. The molecule has 0 heterocycles. The fraction of sp³-hybridized carbons (Fsp3) is 0.571. The van der Waals surface area contributed by atoms with E-state index in [4.69, 9.17) is 0 Å². The van der Waals surface area contributed by atoms with Crippen molar-refractivity contribution in [3.8, 4) is 0 Å². The van der Waals surface area contributed by atoms with Crippen molar-refractivity contribution in [3.05, 3.63) is 29.6 Å². The van der Waals surface area contributed by atoms with Gasteiger partial charge in [-0.2, -0.15) is 0 Å². The second-order valence-corrected chi connectivity index (χ2v) is 4.16. The zero-order valence-corrected chi connectivity index (χ0v) is 11.3. The highest BCUT2D eigenvalue weighted by Gasteiger charge is 2.11. The van der Waals surface area contributed by atoms with Crippen LogP contribution in [-0.4, -0.2) is 19.6 Å². The molecule has 0 spiro atoms. The molecule has 3 heteroatoms. The lowest BCUT2D eigenvalue weighted by atomic mass is 10.1. The number of hydrogen-bond donors (Lipinski definition) is 1. The number of hydrogen-bond acceptors (Lipinski definition) is 2. The third-order valence-electron chi connectivity index (χ3n) is 3.09. The monoisotopic (exact) mass is 238 g/mol. The summed E-state index contributed by atoms with van der Waals surface area (Å²) < 4.78 is 14.0. The van der Waals surface area contributed by atoms with E-state index in [-0.39, 0.29) is 11.9 Å². The molecule has 0 radical (unpaired) electrons. The number of halogens is 1. The van der Waals surface area contributed by atoms with Crippen molar-refractivity contribution in [1.29, 1.82) is 0 Å². The van der Waals surface area contributed by atoms with Crippen LogP contribution >= 0.6 is 0 Å². The van der Waals surface area contributed by atoms with Crippen LogP contribution in [0, 0.1) is 5.82 Å². The third kappa shape index (κ3) is 3.43. The summed E-state index contributed by atoms with van der Waals surface area (Å²) in [7, 11) is 0. The first-order valence-electron chi connectivity index (χ1n) is 6.41. The molecule has 1 rings (SSSR count). The van der Waals surface area contributed by atoms with E-state index in [2.05, 4.69) is 19.2 Å². The van der Waals surface area contributed by atoms with E-state index in [1.807, 2.05) is 30.9 Å². The topological polar surface area (TPSA) is 15.3 Å². The summed E-state index contributed by atoms with van der Waals surface area (Å²) in [4.78, 5) is 2.02. The van der Waals surface area contributed by atoms with E-state index in [1.165, 1.54) is 0 Å². The van der Waals surface area contributed by atoms with Crippen LogP contribution in [0.5, 0.6) is 0 Å². The van der Waals surface area contributed by atoms with E-state index in [9.17, 15) is 4.39 Å². The van der Waals surface area contributed by atoms with Gasteiger partial charge in [0.25, 0.3) is 0 Å². The van der Waals surface area contributed by atoms with Crippen LogP contribution in [0.3, 0.4) is 0 Å². The van der Waals surface area contributed by atoms with Gasteiger partial charge in [-0.15, -0.1) is 0 Å². The van der Waals surface area contributed by atoms with Crippen molar-refractivity contribution in [1.82, 2.24) is 5.32 Å². The van der Waals surface area contributed by atoms with Crippen LogP contribution in [0.25, 0.3) is 0 Å². The Morgan fingerprint density at radius 3 is 2.35 bits per heavy atom. The average Bonchev–Trinajstić information content (AvgIpc) is 2.32. The van der Waals surface area contributed by atoms with Gasteiger partial charge in [0.05, 0.1) is 5.69 Å². The van der Waals surface area contributed by atoms with Crippen molar-refractivity contribution < 1.29 is 4.39 Å². The zero-order valence-electron chi connectivity index (χ0n) is 11.3. The highest BCUT2D eigenvalue weighted by atomic mass is 19.1. The molecule has 0 amide bonds. The van der Waals surface area contributed by atoms with Gasteiger partial charge in [0.2, 0.25) is 0 Å². The Kier molecular flexibility index (Phi) is 5.42. The van der Waals surface area contributed by atoms with Gasteiger partial charge in [-0.1, -0.05) is 13.0 Å². The number of anilines is 1. The van der Waals surface area contributed by atoms with Crippen LogP contribution in [0.1, 0.15) is 39.3 Å². The van der Waals surface area contributed by atoms with E-state index in [1.54, 1.807) is 6.07 Å². The molecular formula is C14H23FN2. The minimum absolute atomic E-state index is 0.129. The van der Waals surface area contributed by atoms with E-state index in [0.29, 0.717) is 5.69 Å². The highest BCUT2D eigenvalue weighted by molar-refractivity contribution is 5.49. The van der Waals surface area contributed by atoms with E-state index >= 15 is 0 Å². The average molecular weight is 238 g/mol. The summed E-state index contributed by atoms with van der Waals surface area (Å²) in [5, 5.41) is 3.29. The predicted octanol–water partition coefficient (Wildman–Crippen LogP) is 3.34. The first-order chi connectivity index (χ1) is 8.13. The van der Waals surface area contributed by atoms with Gasteiger partial charge in [-0.25, -0.2) is 4.39 Å². The van der Waals surface area contributed by atoms with Gasteiger partial charge in [0.15, 0.2) is 0 Å². The molecule has 1 atom stereocenters. The number of nitrogens with one attached hydrogen (secondary N) is 1. The Labute approximate surface area is 104 Å². The molecule has 1 aromatic rings. The quantitative estimate of drug-likeness (QED) is 0.817. The summed E-state index contributed by atoms with van der Waals surface area (Å²) in [6.45, 7) is 10.7. The summed E-state index contributed by atoms with van der Waals surface area (Å²) in [5.41, 5.74) is 1.70. The van der Waals surface area contributed by atoms with Crippen LogP contribution in [0.2, 0.25) is 0 Å². The molecule has 0 aliphatic carbocycles. The van der Waals surface area contributed by atoms with Crippen LogP contribution < -0.4 is 10.2 Å². The van der Waals surface area contributed by atoms with Crippen molar-refractivity contribution in [3.63, 3.8) is 0 Å². The fourth-order valence-electron chi connectivity index (χ4n) is 2.04. The molecule has 0 aliphatic heterocycles. The van der Waals surface area contributed by atoms with Gasteiger partial charge in [0, 0.05) is 19.1 Å². The molecule has 96 valence electrons. The van der Waals surface area contributed by atoms with Gasteiger partial charge in [0.1, 0.15) is 5.82 Å². The molecule has 0 saturated carbocycles. The SMILES string of the molecule is CCNC(C)c1ccc(N(CC)CC)c(F)c1. The molecule has 1 unspecified atom stereocenters. The minimum Gasteiger partial charge on any atom is -0.370 e. The number of benzene rings is 1. The Balaban J connectivity index is 2.92. The molecule has 0 fully saturated rings. The lowest BCUT2D eigenvalue weighted by molar-refractivity contribution is 0.581. The molecule has 17 heavy (non-hydrogen) atoms. The lowest BCUT2D eigenvalue weighted by Gasteiger charge is -2.22. The Morgan fingerprint density at radius 2 is 1.88 bits per heavy atom. The fourth-order valence-corrected chi connectivity index (χ4v) is 2.04. The van der Waals surface area contributed by atoms with E-state index in [0.717, 1.165) is 25.2 Å². The number of nitrogens with zero attached hydrogens (tertiary/aromatic N) is 1. The maximum absolute atomic E-state index is 14.0. The number of rotatable bonds is 6. The second kappa shape index (κ2) is 6.60. The molecule has 1 aromatic carbocycles. The summed E-state index contributed by atoms with van der Waals surface area (Å²) in [6, 6.07) is 5.72. The first-order valence-corrected chi connectivity index (χ1v) is 6.41. The molecule has 0 bridgehead atoms.